The molecule has 3 heterocycles. The summed E-state index contributed by atoms with van der Waals surface area (Å²) >= 11 is 0. The number of hydrogen-bond donors (Lipinski definition) is 0. The van der Waals surface area contributed by atoms with Gasteiger partial charge in [-0.05, 0) is 31.3 Å². The summed E-state index contributed by atoms with van der Waals surface area (Å²) in [6.07, 6.45) is 5.01. The van der Waals surface area contributed by atoms with Gasteiger partial charge in [0.2, 0.25) is 0 Å². The fourth-order valence-electron chi connectivity index (χ4n) is 2.37. The van der Waals surface area contributed by atoms with Gasteiger partial charge in [-0.2, -0.15) is 0 Å². The summed E-state index contributed by atoms with van der Waals surface area (Å²) in [5.41, 5.74) is 1.96. The summed E-state index contributed by atoms with van der Waals surface area (Å²) in [7, 11) is 0.454. The van der Waals surface area contributed by atoms with Gasteiger partial charge in [0.25, 0.3) is 0 Å². The molecule has 0 aromatic carbocycles. The molecule has 6 nitrogen and oxygen atoms in total. The van der Waals surface area contributed by atoms with E-state index in [1.807, 2.05) is 43.4 Å². The Morgan fingerprint density at radius 2 is 1.78 bits per heavy atom. The largest absolute Gasteiger partial charge is 0.416 e. The highest BCUT2D eigenvalue weighted by Gasteiger charge is 2.46. The first-order valence-electron chi connectivity index (χ1n) is 7.59. The SMILES string of the molecule is CN(CCc1ccccn1)P1(=O)O[B]N1CCc1ccccn1. The maximum absolute atomic E-state index is 12.9. The highest BCUT2D eigenvalue weighted by atomic mass is 31.2. The zero-order chi connectivity index (χ0) is 16.1. The Bertz CT molecular complexity index is 624. The Balaban J connectivity index is 1.52. The standard InChI is InChI=1S/C15H19BN4O2P/c1-19(12-8-14-6-2-4-10-17-14)23(21)20(16-22-23)13-9-15-7-3-5-11-18-15/h2-7,10-11H,8-9,12-13H2,1H3. The van der Waals surface area contributed by atoms with E-state index in [0.29, 0.717) is 13.1 Å². The highest BCUT2D eigenvalue weighted by molar-refractivity contribution is 7.59. The third-order valence-electron chi connectivity index (χ3n) is 3.80. The van der Waals surface area contributed by atoms with E-state index in [1.165, 1.54) is 0 Å². The molecule has 1 radical (unpaired) electrons. The van der Waals surface area contributed by atoms with Crippen LogP contribution in [-0.2, 0) is 21.8 Å². The number of pyridine rings is 2. The lowest BCUT2D eigenvalue weighted by molar-refractivity contribution is 0.290. The van der Waals surface area contributed by atoms with Gasteiger partial charge in [0.15, 0.2) is 0 Å². The number of hydrogen-bond acceptors (Lipinski definition) is 4. The molecule has 0 aliphatic carbocycles. The first-order chi connectivity index (χ1) is 11.2. The van der Waals surface area contributed by atoms with Crippen LogP contribution >= 0.6 is 7.67 Å². The van der Waals surface area contributed by atoms with Crippen molar-refractivity contribution in [2.45, 2.75) is 12.8 Å². The van der Waals surface area contributed by atoms with Crippen LogP contribution in [0.25, 0.3) is 0 Å². The molecule has 0 amide bonds. The van der Waals surface area contributed by atoms with Crippen LogP contribution in [-0.4, -0.2) is 47.0 Å². The van der Waals surface area contributed by atoms with E-state index < -0.39 is 7.67 Å². The number of likely N-dealkylation sites (N-methyl/N-ethyl adjacent to an activating group) is 1. The molecule has 1 fully saturated rings. The molecule has 8 heteroatoms. The van der Waals surface area contributed by atoms with Crippen molar-refractivity contribution in [2.75, 3.05) is 20.1 Å². The van der Waals surface area contributed by atoms with E-state index in [2.05, 4.69) is 9.97 Å². The average Bonchev–Trinajstić information content (AvgIpc) is 2.60. The Hall–Kier alpha value is -1.53. The Labute approximate surface area is 137 Å². The van der Waals surface area contributed by atoms with Crippen molar-refractivity contribution in [1.82, 2.24) is 19.2 Å². The van der Waals surface area contributed by atoms with Crippen molar-refractivity contribution in [3.63, 3.8) is 0 Å². The Morgan fingerprint density at radius 1 is 1.13 bits per heavy atom. The van der Waals surface area contributed by atoms with Gasteiger partial charge < -0.3 is 4.44 Å². The van der Waals surface area contributed by atoms with Gasteiger partial charge in [0, 0.05) is 49.7 Å². The molecule has 2 aromatic heterocycles. The van der Waals surface area contributed by atoms with Gasteiger partial charge in [-0.15, -0.1) is 0 Å². The minimum atomic E-state index is -2.91. The maximum atomic E-state index is 12.9. The molecule has 1 atom stereocenters. The van der Waals surface area contributed by atoms with Gasteiger partial charge in [-0.3, -0.25) is 14.5 Å². The first-order valence-corrected chi connectivity index (χ1v) is 9.12. The van der Waals surface area contributed by atoms with Gasteiger partial charge >= 0.3 is 15.3 Å². The van der Waals surface area contributed by atoms with Crippen molar-refractivity contribution < 1.29 is 9.01 Å². The van der Waals surface area contributed by atoms with Crippen molar-refractivity contribution in [1.29, 1.82) is 0 Å². The molecule has 2 aromatic rings. The Kier molecular flexibility index (Phi) is 5.23. The normalized spacial score (nSPS) is 21.0. The van der Waals surface area contributed by atoms with Crippen molar-refractivity contribution in [3.05, 3.63) is 60.2 Å². The van der Waals surface area contributed by atoms with E-state index in [9.17, 15) is 4.57 Å². The third-order valence-corrected chi connectivity index (χ3v) is 6.18. The summed E-state index contributed by atoms with van der Waals surface area (Å²) in [5.74, 6) is 0. The van der Waals surface area contributed by atoms with Crippen LogP contribution in [0.1, 0.15) is 11.4 Å². The molecular formula is C15H19BN4O2P. The predicted molar refractivity (Wildman–Crippen MR) is 89.7 cm³/mol. The molecule has 1 aliphatic rings. The van der Waals surface area contributed by atoms with Crippen LogP contribution < -0.4 is 0 Å². The van der Waals surface area contributed by atoms with Gasteiger partial charge in [-0.25, -0.2) is 9.25 Å². The van der Waals surface area contributed by atoms with Crippen molar-refractivity contribution in [2.24, 2.45) is 0 Å². The summed E-state index contributed by atoms with van der Waals surface area (Å²) in [6, 6.07) is 11.6. The molecular weight excluding hydrogens is 310 g/mol. The van der Waals surface area contributed by atoms with Crippen LogP contribution in [0, 0.1) is 0 Å². The highest BCUT2D eigenvalue weighted by Crippen LogP contribution is 2.59. The average molecular weight is 329 g/mol. The number of rotatable bonds is 7. The van der Waals surface area contributed by atoms with Crippen molar-refractivity contribution in [3.8, 4) is 0 Å². The summed E-state index contributed by atoms with van der Waals surface area (Å²) in [6.45, 7) is 1.25. The zero-order valence-corrected chi connectivity index (χ0v) is 14.0. The lowest BCUT2D eigenvalue weighted by Gasteiger charge is -2.43. The van der Waals surface area contributed by atoms with E-state index in [-0.39, 0.29) is 0 Å². The van der Waals surface area contributed by atoms with E-state index in [0.717, 1.165) is 24.2 Å². The Morgan fingerprint density at radius 3 is 2.30 bits per heavy atom. The molecule has 0 N–H and O–H groups in total. The lowest BCUT2D eigenvalue weighted by atomic mass is 10.2. The maximum Gasteiger partial charge on any atom is 0.416 e. The monoisotopic (exact) mass is 329 g/mol. The van der Waals surface area contributed by atoms with Crippen LogP contribution in [0.2, 0.25) is 0 Å². The van der Waals surface area contributed by atoms with Crippen LogP contribution in [0.4, 0.5) is 0 Å². The second-order valence-corrected chi connectivity index (χ2v) is 7.78. The lowest BCUT2D eigenvalue weighted by Crippen LogP contribution is -2.45. The van der Waals surface area contributed by atoms with Crippen molar-refractivity contribution >= 4 is 15.3 Å². The molecule has 23 heavy (non-hydrogen) atoms. The van der Waals surface area contributed by atoms with Gasteiger partial charge in [0.1, 0.15) is 0 Å². The molecule has 0 bridgehead atoms. The molecule has 3 rings (SSSR count). The van der Waals surface area contributed by atoms with Gasteiger partial charge in [0.05, 0.1) is 0 Å². The molecule has 1 saturated heterocycles. The summed E-state index contributed by atoms with van der Waals surface area (Å²) in [5, 5.41) is 0. The van der Waals surface area contributed by atoms with Crippen LogP contribution in [0.3, 0.4) is 0 Å². The fraction of sp³-hybridized carbons (Fsp3) is 0.333. The zero-order valence-electron chi connectivity index (χ0n) is 13.1. The summed E-state index contributed by atoms with van der Waals surface area (Å²) < 4.78 is 21.8. The fourth-order valence-corrected chi connectivity index (χ4v) is 4.02. The minimum Gasteiger partial charge on any atom is -0.352 e. The molecule has 0 saturated carbocycles. The molecule has 1 unspecified atom stereocenters. The minimum absolute atomic E-state index is 0.627. The molecule has 1 aliphatic heterocycles. The van der Waals surface area contributed by atoms with E-state index in [4.69, 9.17) is 4.44 Å². The van der Waals surface area contributed by atoms with E-state index >= 15 is 0 Å². The quantitative estimate of drug-likeness (QED) is 0.573. The topological polar surface area (TPSA) is 58.6 Å². The predicted octanol–water partition coefficient (Wildman–Crippen LogP) is 2.17. The number of aromatic nitrogens is 2. The number of nitrogens with zero attached hydrogens (tertiary/aromatic N) is 4. The first kappa shape index (κ1) is 16.3. The van der Waals surface area contributed by atoms with Crippen LogP contribution in [0.15, 0.2) is 48.8 Å². The van der Waals surface area contributed by atoms with Gasteiger partial charge in [-0.1, -0.05) is 12.1 Å². The molecule has 119 valence electrons. The second-order valence-electron chi connectivity index (χ2n) is 5.39. The smallest absolute Gasteiger partial charge is 0.352 e. The third kappa shape index (κ3) is 3.87. The summed E-state index contributed by atoms with van der Waals surface area (Å²) in [4.78, 5) is 8.57. The second kappa shape index (κ2) is 7.36. The van der Waals surface area contributed by atoms with Crippen LogP contribution in [0.5, 0.6) is 0 Å². The molecule has 0 spiro atoms. The van der Waals surface area contributed by atoms with E-state index in [1.54, 1.807) is 29.3 Å².